The molecule has 0 aliphatic carbocycles. The van der Waals surface area contributed by atoms with Crippen molar-refractivity contribution in [2.24, 2.45) is 7.05 Å². The second kappa shape index (κ2) is 6.41. The lowest BCUT2D eigenvalue weighted by Gasteiger charge is -2.00. The van der Waals surface area contributed by atoms with Crippen molar-refractivity contribution in [2.75, 3.05) is 7.11 Å². The van der Waals surface area contributed by atoms with E-state index in [1.54, 1.807) is 13.3 Å². The maximum Gasteiger partial charge on any atom is 0.209 e. The van der Waals surface area contributed by atoms with Crippen molar-refractivity contribution in [3.63, 3.8) is 0 Å². The maximum absolute atomic E-state index is 5.96. The number of ether oxygens (including phenoxy) is 1. The summed E-state index contributed by atoms with van der Waals surface area (Å²) < 4.78 is 6.98. The maximum atomic E-state index is 5.96. The normalized spacial score (nSPS) is 10.9. The molecule has 6 nitrogen and oxygen atoms in total. The Morgan fingerprint density at radius 3 is 2.73 bits per heavy atom. The van der Waals surface area contributed by atoms with Crippen LogP contribution in [0.15, 0.2) is 35.6 Å². The van der Waals surface area contributed by atoms with Crippen molar-refractivity contribution in [1.82, 2.24) is 24.7 Å². The largest absolute Gasteiger partial charge is 0.497 e. The number of imidazole rings is 1. The monoisotopic (exact) mass is 335 g/mol. The first-order valence-corrected chi connectivity index (χ1v) is 7.89. The third kappa shape index (κ3) is 3.10. The van der Waals surface area contributed by atoms with Crippen molar-refractivity contribution in [3.8, 4) is 17.1 Å². The van der Waals surface area contributed by atoms with Gasteiger partial charge in [-0.25, -0.2) is 9.97 Å². The third-order valence-electron chi connectivity index (χ3n) is 3.19. The van der Waals surface area contributed by atoms with Gasteiger partial charge in [0, 0.05) is 12.6 Å². The molecule has 22 heavy (non-hydrogen) atoms. The highest BCUT2D eigenvalue weighted by Crippen LogP contribution is 2.24. The number of aromatic nitrogens is 5. The number of H-pyrrole nitrogens is 1. The van der Waals surface area contributed by atoms with Gasteiger partial charge in [-0.2, -0.15) is 0 Å². The van der Waals surface area contributed by atoms with E-state index >= 15 is 0 Å². The predicted molar refractivity (Wildman–Crippen MR) is 86.1 cm³/mol. The third-order valence-corrected chi connectivity index (χ3v) is 4.38. The van der Waals surface area contributed by atoms with E-state index < -0.39 is 0 Å². The lowest BCUT2D eigenvalue weighted by Crippen LogP contribution is -1.96. The van der Waals surface area contributed by atoms with Crippen molar-refractivity contribution in [3.05, 3.63) is 41.4 Å². The van der Waals surface area contributed by atoms with Gasteiger partial charge in [0.05, 0.1) is 19.1 Å². The van der Waals surface area contributed by atoms with E-state index in [9.17, 15) is 0 Å². The van der Waals surface area contributed by atoms with Crippen LogP contribution < -0.4 is 4.74 Å². The summed E-state index contributed by atoms with van der Waals surface area (Å²) in [4.78, 5) is 8.72. The van der Waals surface area contributed by atoms with Crippen molar-refractivity contribution in [1.29, 1.82) is 0 Å². The molecule has 0 atom stereocenters. The summed E-state index contributed by atoms with van der Waals surface area (Å²) in [5, 5.41) is 8.44. The first kappa shape index (κ1) is 14.9. The topological polar surface area (TPSA) is 68.6 Å². The van der Waals surface area contributed by atoms with E-state index in [0.29, 0.717) is 16.1 Å². The van der Waals surface area contributed by atoms with Gasteiger partial charge in [0.25, 0.3) is 0 Å². The Kier molecular flexibility index (Phi) is 4.35. The molecule has 0 bridgehead atoms. The molecule has 0 radical (unpaired) electrons. The zero-order chi connectivity index (χ0) is 15.5. The first-order chi connectivity index (χ1) is 10.7. The molecule has 3 rings (SSSR count). The van der Waals surface area contributed by atoms with E-state index in [4.69, 9.17) is 16.3 Å². The van der Waals surface area contributed by atoms with E-state index in [2.05, 4.69) is 20.2 Å². The fraction of sp³-hybridized carbons (Fsp3) is 0.214. The van der Waals surface area contributed by atoms with E-state index in [1.165, 1.54) is 11.8 Å². The van der Waals surface area contributed by atoms with Gasteiger partial charge in [-0.1, -0.05) is 23.4 Å². The molecule has 0 aliphatic heterocycles. The van der Waals surface area contributed by atoms with Gasteiger partial charge in [-0.3, -0.25) is 5.10 Å². The summed E-state index contributed by atoms with van der Waals surface area (Å²) in [6, 6.07) is 7.65. The summed E-state index contributed by atoms with van der Waals surface area (Å²) in [5.41, 5.74) is 0.959. The second-order valence-corrected chi connectivity index (χ2v) is 5.87. The van der Waals surface area contributed by atoms with Gasteiger partial charge in [0.1, 0.15) is 16.7 Å². The fourth-order valence-electron chi connectivity index (χ4n) is 1.88. The van der Waals surface area contributed by atoms with E-state index in [-0.39, 0.29) is 0 Å². The zero-order valence-corrected chi connectivity index (χ0v) is 13.6. The number of rotatable bonds is 5. The molecule has 3 aromatic rings. The van der Waals surface area contributed by atoms with Crippen LogP contribution in [0, 0.1) is 0 Å². The van der Waals surface area contributed by atoms with Gasteiger partial charge >= 0.3 is 0 Å². The van der Waals surface area contributed by atoms with E-state index in [1.807, 2.05) is 35.9 Å². The number of nitrogens with zero attached hydrogens (tertiary/aromatic N) is 4. The Labute approximate surface area is 136 Å². The fourth-order valence-corrected chi connectivity index (χ4v) is 2.82. The summed E-state index contributed by atoms with van der Waals surface area (Å²) in [5.74, 6) is 3.07. The standard InChI is InChI=1S/C14H14ClN5OS/c1-20-11(15)7-16-12(20)8-22-14-17-13(18-19-14)9-3-5-10(21-2)6-4-9/h3-7H,8H2,1-2H3,(H,17,18,19). The molecule has 0 amide bonds. The average molecular weight is 336 g/mol. The summed E-state index contributed by atoms with van der Waals surface area (Å²) in [7, 11) is 3.52. The molecule has 8 heteroatoms. The van der Waals surface area contributed by atoms with Gasteiger partial charge in [-0.05, 0) is 24.3 Å². The minimum absolute atomic E-state index is 0.615. The molecule has 2 heterocycles. The molecular formula is C14H14ClN5OS. The van der Waals surface area contributed by atoms with Crippen molar-refractivity contribution in [2.45, 2.75) is 10.9 Å². The Bertz CT molecular complexity index is 768. The number of hydrogen-bond donors (Lipinski definition) is 1. The Morgan fingerprint density at radius 2 is 2.09 bits per heavy atom. The van der Waals surface area contributed by atoms with Crippen LogP contribution in [-0.4, -0.2) is 31.8 Å². The molecule has 0 saturated heterocycles. The highest BCUT2D eigenvalue weighted by atomic mass is 35.5. The van der Waals surface area contributed by atoms with Crippen LogP contribution in [0.1, 0.15) is 5.82 Å². The molecule has 2 aromatic heterocycles. The number of aromatic amines is 1. The number of halogens is 1. The van der Waals surface area contributed by atoms with Crippen LogP contribution in [-0.2, 0) is 12.8 Å². The summed E-state index contributed by atoms with van der Waals surface area (Å²) >= 11 is 7.47. The molecule has 0 aliphatic rings. The molecular weight excluding hydrogens is 322 g/mol. The minimum atomic E-state index is 0.615. The quantitative estimate of drug-likeness (QED) is 0.725. The smallest absolute Gasteiger partial charge is 0.209 e. The molecule has 0 saturated carbocycles. The van der Waals surface area contributed by atoms with E-state index in [0.717, 1.165) is 23.0 Å². The number of methoxy groups -OCH3 is 1. The van der Waals surface area contributed by atoms with Crippen LogP contribution >= 0.6 is 23.4 Å². The number of benzene rings is 1. The summed E-state index contributed by atoms with van der Waals surface area (Å²) in [6.45, 7) is 0. The number of nitrogens with one attached hydrogen (secondary N) is 1. The van der Waals surface area contributed by atoms with Gasteiger partial charge < -0.3 is 9.30 Å². The molecule has 1 aromatic carbocycles. The number of hydrogen-bond acceptors (Lipinski definition) is 5. The molecule has 0 unspecified atom stereocenters. The van der Waals surface area contributed by atoms with Gasteiger partial charge in [0.2, 0.25) is 5.16 Å². The van der Waals surface area contributed by atoms with Crippen LogP contribution in [0.3, 0.4) is 0 Å². The second-order valence-electron chi connectivity index (χ2n) is 4.54. The van der Waals surface area contributed by atoms with Crippen LogP contribution in [0.2, 0.25) is 5.15 Å². The summed E-state index contributed by atoms with van der Waals surface area (Å²) in [6.07, 6.45) is 1.64. The average Bonchev–Trinajstić information content (AvgIpc) is 3.14. The Morgan fingerprint density at radius 1 is 1.32 bits per heavy atom. The SMILES string of the molecule is COc1ccc(-c2nc(SCc3ncc(Cl)n3C)n[nH]2)cc1. The lowest BCUT2D eigenvalue weighted by molar-refractivity contribution is 0.415. The number of thioether (sulfide) groups is 1. The Balaban J connectivity index is 1.69. The molecule has 114 valence electrons. The minimum Gasteiger partial charge on any atom is -0.497 e. The molecule has 0 fully saturated rings. The zero-order valence-electron chi connectivity index (χ0n) is 12.1. The predicted octanol–water partition coefficient (Wildman–Crippen LogP) is 3.16. The van der Waals surface area contributed by atoms with Gasteiger partial charge in [0.15, 0.2) is 5.82 Å². The van der Waals surface area contributed by atoms with Crippen molar-refractivity contribution >= 4 is 23.4 Å². The first-order valence-electron chi connectivity index (χ1n) is 6.53. The van der Waals surface area contributed by atoms with Crippen molar-refractivity contribution < 1.29 is 4.74 Å². The lowest BCUT2D eigenvalue weighted by atomic mass is 10.2. The van der Waals surface area contributed by atoms with Crippen LogP contribution in [0.25, 0.3) is 11.4 Å². The molecule has 1 N–H and O–H groups in total. The van der Waals surface area contributed by atoms with Crippen LogP contribution in [0.5, 0.6) is 5.75 Å². The van der Waals surface area contributed by atoms with Gasteiger partial charge in [-0.15, -0.1) is 5.10 Å². The van der Waals surface area contributed by atoms with Crippen LogP contribution in [0.4, 0.5) is 0 Å². The Hall–Kier alpha value is -1.99. The highest BCUT2D eigenvalue weighted by molar-refractivity contribution is 7.98. The highest BCUT2D eigenvalue weighted by Gasteiger charge is 2.09. The molecule has 0 spiro atoms.